The predicted molar refractivity (Wildman–Crippen MR) is 132 cm³/mol. The number of halogens is 1. The number of carbonyl (C=O) groups is 1. The summed E-state index contributed by atoms with van der Waals surface area (Å²) in [5.41, 5.74) is 1.31. The Morgan fingerprint density at radius 1 is 1.20 bits per heavy atom. The molecule has 1 saturated heterocycles. The van der Waals surface area contributed by atoms with E-state index in [1.165, 1.54) is 34.8 Å². The van der Waals surface area contributed by atoms with E-state index >= 15 is 0 Å². The lowest BCUT2D eigenvalue weighted by atomic mass is 10.0. The van der Waals surface area contributed by atoms with Crippen LogP contribution in [0.15, 0.2) is 4.99 Å². The lowest BCUT2D eigenvalue weighted by molar-refractivity contribution is -0.127. The molecule has 1 aromatic rings. The van der Waals surface area contributed by atoms with Gasteiger partial charge in [0.1, 0.15) is 6.54 Å². The van der Waals surface area contributed by atoms with Crippen molar-refractivity contribution in [2.75, 3.05) is 66.6 Å². The molecule has 1 fully saturated rings. The van der Waals surface area contributed by atoms with Gasteiger partial charge in [-0.15, -0.1) is 35.3 Å². The molecule has 1 aliphatic heterocycles. The molecule has 1 aromatic heterocycles. The van der Waals surface area contributed by atoms with Crippen LogP contribution in [0.5, 0.6) is 0 Å². The van der Waals surface area contributed by atoms with Gasteiger partial charge in [0.15, 0.2) is 5.96 Å². The highest BCUT2D eigenvalue weighted by Crippen LogP contribution is 2.26. The second kappa shape index (κ2) is 13.4. The number of hydrogen-bond acceptors (Lipinski definition) is 6. The van der Waals surface area contributed by atoms with E-state index in [0.717, 1.165) is 58.8 Å². The standard InChI is InChI=1S/C20H34N6O2S.HI/c1-25(2)19(27)15-23-20(22-9-10-26-11-13-28-14-12-26)21-8-7-18-24-16-5-3-4-6-17(16)29-18;/h3-15H2,1-2H3,(H2,21,22,23);1H. The van der Waals surface area contributed by atoms with Gasteiger partial charge in [0, 0.05) is 58.1 Å². The van der Waals surface area contributed by atoms with Crippen LogP contribution in [-0.2, 0) is 28.8 Å². The summed E-state index contributed by atoms with van der Waals surface area (Å²) in [5, 5.41) is 7.93. The van der Waals surface area contributed by atoms with Gasteiger partial charge in [-0.1, -0.05) is 0 Å². The van der Waals surface area contributed by atoms with Crippen LogP contribution in [0.2, 0.25) is 0 Å². The second-order valence-corrected chi connectivity index (χ2v) is 8.86. The SMILES string of the molecule is CN(C)C(=O)CN=C(NCCc1nc2c(s1)CCCC2)NCCN1CCOCC1.I. The fourth-order valence-electron chi connectivity index (χ4n) is 3.42. The normalized spacial score (nSPS) is 17.1. The molecule has 2 N–H and O–H groups in total. The minimum absolute atomic E-state index is 0. The Morgan fingerprint density at radius 2 is 1.93 bits per heavy atom. The number of aryl methyl sites for hydroxylation is 2. The summed E-state index contributed by atoms with van der Waals surface area (Å²) in [7, 11) is 3.50. The Balaban J connectivity index is 0.00000320. The Bertz CT molecular complexity index is 667. The minimum Gasteiger partial charge on any atom is -0.379 e. The van der Waals surface area contributed by atoms with Gasteiger partial charge in [-0.3, -0.25) is 9.69 Å². The van der Waals surface area contributed by atoms with Gasteiger partial charge >= 0.3 is 0 Å². The number of aromatic nitrogens is 1. The minimum atomic E-state index is -0.00752. The van der Waals surface area contributed by atoms with Crippen molar-refractivity contribution in [2.45, 2.75) is 32.1 Å². The maximum Gasteiger partial charge on any atom is 0.243 e. The van der Waals surface area contributed by atoms with Crippen molar-refractivity contribution < 1.29 is 9.53 Å². The van der Waals surface area contributed by atoms with Crippen LogP contribution in [0, 0.1) is 0 Å². The largest absolute Gasteiger partial charge is 0.379 e. The third-order valence-corrected chi connectivity index (χ3v) is 6.43. The zero-order chi connectivity index (χ0) is 20.5. The number of fused-ring (bicyclic) bond motifs is 1. The van der Waals surface area contributed by atoms with E-state index in [2.05, 4.69) is 20.5 Å². The molecule has 0 radical (unpaired) electrons. The third-order valence-electron chi connectivity index (χ3n) is 5.22. The summed E-state index contributed by atoms with van der Waals surface area (Å²) in [5.74, 6) is 0.682. The van der Waals surface area contributed by atoms with Gasteiger partial charge in [-0.2, -0.15) is 0 Å². The maximum absolute atomic E-state index is 11.9. The molecule has 0 bridgehead atoms. The maximum atomic E-state index is 11.9. The smallest absolute Gasteiger partial charge is 0.243 e. The Labute approximate surface area is 200 Å². The molecule has 3 rings (SSSR count). The van der Waals surface area contributed by atoms with Crippen molar-refractivity contribution in [3.63, 3.8) is 0 Å². The summed E-state index contributed by atoms with van der Waals surface area (Å²) in [6.07, 6.45) is 5.74. The van der Waals surface area contributed by atoms with Crippen molar-refractivity contribution in [1.29, 1.82) is 0 Å². The molecule has 0 unspecified atom stereocenters. The van der Waals surface area contributed by atoms with E-state index in [-0.39, 0.29) is 36.4 Å². The number of aliphatic imine (C=N–C) groups is 1. The van der Waals surface area contributed by atoms with Crippen molar-refractivity contribution in [1.82, 2.24) is 25.4 Å². The Hall–Kier alpha value is -0.980. The fraction of sp³-hybridized carbons (Fsp3) is 0.750. The first-order valence-electron chi connectivity index (χ1n) is 10.6. The number of thiazole rings is 1. The van der Waals surface area contributed by atoms with E-state index in [0.29, 0.717) is 5.96 Å². The summed E-state index contributed by atoms with van der Waals surface area (Å²) >= 11 is 1.86. The lowest BCUT2D eigenvalue weighted by Crippen LogP contribution is -2.45. The number of nitrogens with one attached hydrogen (secondary N) is 2. The molecule has 30 heavy (non-hydrogen) atoms. The first kappa shape index (κ1) is 25.3. The number of amides is 1. The third kappa shape index (κ3) is 8.27. The molecule has 8 nitrogen and oxygen atoms in total. The molecule has 10 heteroatoms. The summed E-state index contributed by atoms with van der Waals surface area (Å²) in [6.45, 7) is 6.16. The van der Waals surface area contributed by atoms with E-state index in [9.17, 15) is 4.79 Å². The van der Waals surface area contributed by atoms with Crippen molar-refractivity contribution in [3.8, 4) is 0 Å². The molecular formula is C20H35IN6O2S. The molecule has 1 aliphatic carbocycles. The highest BCUT2D eigenvalue weighted by atomic mass is 127. The van der Waals surface area contributed by atoms with Gasteiger partial charge in [0.25, 0.3) is 0 Å². The zero-order valence-electron chi connectivity index (χ0n) is 18.1. The van der Waals surface area contributed by atoms with Crippen LogP contribution in [0.1, 0.15) is 28.4 Å². The molecule has 0 atom stereocenters. The summed E-state index contributed by atoms with van der Waals surface area (Å²) in [6, 6.07) is 0. The monoisotopic (exact) mass is 550 g/mol. The van der Waals surface area contributed by atoms with E-state index in [1.807, 2.05) is 11.3 Å². The number of ether oxygens (including phenoxy) is 1. The van der Waals surface area contributed by atoms with Gasteiger partial charge in [-0.05, 0) is 25.7 Å². The van der Waals surface area contributed by atoms with Crippen molar-refractivity contribution in [2.24, 2.45) is 4.99 Å². The van der Waals surface area contributed by atoms with Crippen LogP contribution < -0.4 is 10.6 Å². The quantitative estimate of drug-likeness (QED) is 0.287. The van der Waals surface area contributed by atoms with Gasteiger partial charge < -0.3 is 20.3 Å². The summed E-state index contributed by atoms with van der Waals surface area (Å²) < 4.78 is 5.39. The van der Waals surface area contributed by atoms with Crippen LogP contribution in [0.3, 0.4) is 0 Å². The first-order chi connectivity index (χ1) is 14.1. The second-order valence-electron chi connectivity index (χ2n) is 7.70. The molecule has 0 aromatic carbocycles. The zero-order valence-corrected chi connectivity index (χ0v) is 21.3. The van der Waals surface area contributed by atoms with Gasteiger partial charge in [0.2, 0.25) is 5.91 Å². The molecule has 2 aliphatic rings. The van der Waals surface area contributed by atoms with Crippen LogP contribution >= 0.6 is 35.3 Å². The first-order valence-corrected chi connectivity index (χ1v) is 11.4. The molecule has 0 spiro atoms. The number of morpholine rings is 1. The molecule has 1 amide bonds. The fourth-order valence-corrected chi connectivity index (χ4v) is 4.58. The Kier molecular flexibility index (Phi) is 11.3. The number of likely N-dealkylation sites (N-methyl/N-ethyl adjacent to an activating group) is 1. The van der Waals surface area contributed by atoms with E-state index in [4.69, 9.17) is 9.72 Å². The molecule has 2 heterocycles. The number of rotatable bonds is 8. The van der Waals surface area contributed by atoms with Crippen LogP contribution in [-0.4, -0.2) is 93.2 Å². The summed E-state index contributed by atoms with van der Waals surface area (Å²) in [4.78, 5) is 26.6. The molecule has 0 saturated carbocycles. The van der Waals surface area contributed by atoms with Crippen molar-refractivity contribution >= 4 is 47.2 Å². The van der Waals surface area contributed by atoms with E-state index < -0.39 is 0 Å². The molecular weight excluding hydrogens is 515 g/mol. The average Bonchev–Trinajstić information content (AvgIpc) is 3.14. The average molecular weight is 551 g/mol. The van der Waals surface area contributed by atoms with Crippen LogP contribution in [0.4, 0.5) is 0 Å². The predicted octanol–water partition coefficient (Wildman–Crippen LogP) is 1.14. The van der Waals surface area contributed by atoms with E-state index in [1.54, 1.807) is 19.0 Å². The highest BCUT2D eigenvalue weighted by molar-refractivity contribution is 14.0. The number of guanidine groups is 1. The number of hydrogen-bond donors (Lipinski definition) is 2. The lowest BCUT2D eigenvalue weighted by Gasteiger charge is -2.26. The van der Waals surface area contributed by atoms with Crippen molar-refractivity contribution in [3.05, 3.63) is 15.6 Å². The molecule has 170 valence electrons. The number of carbonyl (C=O) groups excluding carboxylic acids is 1. The topological polar surface area (TPSA) is 82.1 Å². The van der Waals surface area contributed by atoms with Gasteiger partial charge in [0.05, 0.1) is 23.9 Å². The highest BCUT2D eigenvalue weighted by Gasteiger charge is 2.15. The van der Waals surface area contributed by atoms with Gasteiger partial charge in [-0.25, -0.2) is 9.98 Å². The van der Waals surface area contributed by atoms with Crippen LogP contribution in [0.25, 0.3) is 0 Å². The number of nitrogens with zero attached hydrogens (tertiary/aromatic N) is 4. The Morgan fingerprint density at radius 3 is 2.67 bits per heavy atom.